The van der Waals surface area contributed by atoms with Crippen LogP contribution in [0.15, 0.2) is 42.5 Å². The molecule has 7 aliphatic rings. The van der Waals surface area contributed by atoms with Gasteiger partial charge < -0.3 is 14.6 Å². The molecule has 0 amide bonds. The lowest BCUT2D eigenvalue weighted by molar-refractivity contribution is -0.400. The fourth-order valence-corrected chi connectivity index (χ4v) is 12.8. The van der Waals surface area contributed by atoms with Crippen molar-refractivity contribution < 1.29 is 19.4 Å². The van der Waals surface area contributed by atoms with E-state index in [1.165, 1.54) is 31.3 Å². The largest absolute Gasteiger partial charge is 0.460 e. The first-order valence-corrected chi connectivity index (χ1v) is 16.6. The molecular formula is C37H52O4. The van der Waals surface area contributed by atoms with E-state index in [4.69, 9.17) is 9.47 Å². The maximum absolute atomic E-state index is 14.2. The third kappa shape index (κ3) is 3.44. The van der Waals surface area contributed by atoms with Crippen LogP contribution in [-0.4, -0.2) is 23.5 Å². The fourth-order valence-electron chi connectivity index (χ4n) is 12.8. The molecule has 5 unspecified atom stereocenters. The number of hydrogen-bond donors (Lipinski definition) is 1. The first-order valence-electron chi connectivity index (χ1n) is 16.6. The van der Waals surface area contributed by atoms with Gasteiger partial charge in [-0.1, -0.05) is 70.2 Å². The number of carbonyl (C=O) groups is 1. The van der Waals surface area contributed by atoms with Gasteiger partial charge in [0.25, 0.3) is 0 Å². The van der Waals surface area contributed by atoms with E-state index < -0.39 is 11.2 Å². The third-order valence-electron chi connectivity index (χ3n) is 15.1. The highest BCUT2D eigenvalue weighted by Gasteiger charge is 2.76. The van der Waals surface area contributed by atoms with Crippen molar-refractivity contribution in [3.8, 4) is 0 Å². The average molecular weight is 561 g/mol. The second-order valence-corrected chi connectivity index (χ2v) is 16.4. The van der Waals surface area contributed by atoms with Crippen LogP contribution in [-0.2, 0) is 20.9 Å². The van der Waals surface area contributed by atoms with Crippen LogP contribution in [0.4, 0.5) is 0 Å². The number of ether oxygens (including phenoxy) is 2. The first kappa shape index (κ1) is 28.1. The summed E-state index contributed by atoms with van der Waals surface area (Å²) in [5.74, 6) is 1.37. The molecule has 8 rings (SSSR count). The van der Waals surface area contributed by atoms with Gasteiger partial charge in [0.05, 0.1) is 12.0 Å². The van der Waals surface area contributed by atoms with Crippen LogP contribution in [0.1, 0.15) is 104 Å². The lowest BCUT2D eigenvalue weighted by atomic mass is 9.31. The minimum absolute atomic E-state index is 0.0423. The Morgan fingerprint density at radius 2 is 1.68 bits per heavy atom. The van der Waals surface area contributed by atoms with Crippen LogP contribution in [0, 0.1) is 56.7 Å². The van der Waals surface area contributed by atoms with Gasteiger partial charge in [-0.3, -0.25) is 4.79 Å². The van der Waals surface area contributed by atoms with Gasteiger partial charge in [-0.05, 0) is 111 Å². The van der Waals surface area contributed by atoms with E-state index in [0.29, 0.717) is 42.8 Å². The Morgan fingerprint density at radius 1 is 0.927 bits per heavy atom. The normalized spacial score (nSPS) is 49.3. The van der Waals surface area contributed by atoms with Crippen molar-refractivity contribution in [1.82, 2.24) is 0 Å². The van der Waals surface area contributed by atoms with Crippen LogP contribution in [0.25, 0.3) is 0 Å². The summed E-state index contributed by atoms with van der Waals surface area (Å²) < 4.78 is 12.6. The molecule has 5 aliphatic carbocycles. The molecular weight excluding hydrogens is 508 g/mol. The molecule has 1 aromatic carbocycles. The molecule has 4 nitrogen and oxygen atoms in total. The Morgan fingerprint density at radius 3 is 2.37 bits per heavy atom. The highest BCUT2D eigenvalue weighted by molar-refractivity contribution is 5.78. The quantitative estimate of drug-likeness (QED) is 0.299. The summed E-state index contributed by atoms with van der Waals surface area (Å²) in [6.45, 7) is 17.5. The molecule has 1 N–H and O–H groups in total. The average Bonchev–Trinajstić information content (AvgIpc) is 3.35. The molecule has 4 heteroatoms. The molecule has 0 radical (unpaired) electrons. The van der Waals surface area contributed by atoms with Crippen LogP contribution < -0.4 is 0 Å². The number of aliphatic hydroxyl groups is 1. The van der Waals surface area contributed by atoms with E-state index in [1.54, 1.807) is 0 Å². The van der Waals surface area contributed by atoms with Gasteiger partial charge in [0, 0.05) is 17.3 Å². The topological polar surface area (TPSA) is 55.8 Å². The van der Waals surface area contributed by atoms with E-state index in [1.807, 2.05) is 30.3 Å². The van der Waals surface area contributed by atoms with Crippen LogP contribution in [0.3, 0.4) is 0 Å². The molecule has 2 heterocycles. The summed E-state index contributed by atoms with van der Waals surface area (Å²) in [5, 5.41) is 11.5. The van der Waals surface area contributed by atoms with Crippen molar-refractivity contribution >= 4 is 5.97 Å². The number of hydrogen-bond acceptors (Lipinski definition) is 4. The summed E-state index contributed by atoms with van der Waals surface area (Å²) in [5.41, 5.74) is 2.21. The summed E-state index contributed by atoms with van der Waals surface area (Å²) in [6.07, 6.45) is 10.6. The highest BCUT2D eigenvalue weighted by atomic mass is 16.6. The molecule has 7 fully saturated rings. The Balaban J connectivity index is 1.23. The molecule has 0 aromatic heterocycles. The zero-order valence-corrected chi connectivity index (χ0v) is 26.1. The summed E-state index contributed by atoms with van der Waals surface area (Å²) in [7, 11) is 0. The standard InChI is InChI=1S/C37H52O4/c1-24(2)26-14-17-35(31(38)40-22-25-10-8-7-9-11-25)19-18-33(5)27(30(26)35)12-13-29-34(33,6)16-15-28-32(3,4)37(39)21-20-36(28,29)23-41-37/h7-11,26-30,39H,1,12-23H2,2-6H3/t26-,27?,28?,29?,30?,33+,34+,35?,36+,37+/m0/s1. The SMILES string of the molecule is C=C(C)[C@@H]1CCC2(C(=O)OCc3ccccc3)CC[C@]3(C)C(CCC4[C@]56CC[C@@](O)(OC5)C(C)(C)C6CC[C@]43C)C12. The smallest absolute Gasteiger partial charge is 0.312 e. The third-order valence-corrected chi connectivity index (χ3v) is 15.1. The number of esters is 1. The molecule has 41 heavy (non-hydrogen) atoms. The number of carbonyl (C=O) groups excluding carboxylic acids is 1. The summed E-state index contributed by atoms with van der Waals surface area (Å²) in [4.78, 5) is 14.2. The maximum atomic E-state index is 14.2. The predicted molar refractivity (Wildman–Crippen MR) is 160 cm³/mol. The van der Waals surface area contributed by atoms with Gasteiger partial charge in [0.1, 0.15) is 6.61 Å². The fraction of sp³-hybridized carbons (Fsp3) is 0.757. The zero-order chi connectivity index (χ0) is 29.1. The molecule has 1 aromatic rings. The van der Waals surface area contributed by atoms with E-state index in [0.717, 1.165) is 44.1 Å². The second kappa shape index (κ2) is 8.94. The lowest BCUT2D eigenvalue weighted by Crippen LogP contribution is -2.74. The molecule has 5 saturated carbocycles. The predicted octanol–water partition coefficient (Wildman–Crippen LogP) is 8.09. The van der Waals surface area contributed by atoms with Crippen molar-refractivity contribution in [2.45, 2.75) is 111 Å². The molecule has 1 spiro atoms. The summed E-state index contributed by atoms with van der Waals surface area (Å²) in [6, 6.07) is 10.1. The minimum Gasteiger partial charge on any atom is -0.460 e. The van der Waals surface area contributed by atoms with E-state index in [2.05, 4.69) is 41.2 Å². The number of rotatable bonds is 4. The zero-order valence-electron chi connectivity index (χ0n) is 26.1. The maximum Gasteiger partial charge on any atom is 0.312 e. The first-order chi connectivity index (χ1) is 19.3. The lowest BCUT2D eigenvalue weighted by Gasteiger charge is -2.75. The van der Waals surface area contributed by atoms with Gasteiger partial charge in [-0.25, -0.2) is 0 Å². The van der Waals surface area contributed by atoms with Crippen LogP contribution >= 0.6 is 0 Å². The van der Waals surface area contributed by atoms with Crippen molar-refractivity contribution in [3.05, 3.63) is 48.0 Å². The molecule has 2 bridgehead atoms. The van der Waals surface area contributed by atoms with Crippen LogP contribution in [0.2, 0.25) is 0 Å². The van der Waals surface area contributed by atoms with Crippen molar-refractivity contribution in [2.24, 2.45) is 56.7 Å². The Labute approximate surface area is 247 Å². The molecule has 2 saturated heterocycles. The van der Waals surface area contributed by atoms with Gasteiger partial charge in [-0.2, -0.15) is 0 Å². The number of allylic oxidation sites excluding steroid dienone is 1. The monoisotopic (exact) mass is 560 g/mol. The van der Waals surface area contributed by atoms with Crippen molar-refractivity contribution in [3.63, 3.8) is 0 Å². The molecule has 2 aliphatic heterocycles. The second-order valence-electron chi connectivity index (χ2n) is 16.4. The Hall–Kier alpha value is -1.65. The van der Waals surface area contributed by atoms with Gasteiger partial charge in [0.2, 0.25) is 0 Å². The minimum atomic E-state index is -0.975. The Bertz CT molecular complexity index is 1230. The van der Waals surface area contributed by atoms with Gasteiger partial charge in [-0.15, -0.1) is 0 Å². The van der Waals surface area contributed by atoms with Crippen molar-refractivity contribution in [1.29, 1.82) is 0 Å². The van der Waals surface area contributed by atoms with E-state index in [9.17, 15) is 9.90 Å². The molecule has 224 valence electrons. The van der Waals surface area contributed by atoms with E-state index in [-0.39, 0.29) is 27.6 Å². The van der Waals surface area contributed by atoms with Crippen molar-refractivity contribution in [2.75, 3.05) is 6.61 Å². The highest BCUT2D eigenvalue weighted by Crippen LogP contribution is 2.79. The van der Waals surface area contributed by atoms with Gasteiger partial charge in [0.15, 0.2) is 5.79 Å². The van der Waals surface area contributed by atoms with Gasteiger partial charge >= 0.3 is 5.97 Å². The number of fused-ring (bicyclic) bond motifs is 7. The van der Waals surface area contributed by atoms with Crippen LogP contribution in [0.5, 0.6) is 0 Å². The molecule has 10 atom stereocenters. The van der Waals surface area contributed by atoms with E-state index >= 15 is 0 Å². The number of benzene rings is 1. The summed E-state index contributed by atoms with van der Waals surface area (Å²) >= 11 is 0. The Kier molecular flexibility index (Phi) is 6.14.